The number of nitrogens with zero attached hydrogens (tertiary/aromatic N) is 1. The molecule has 0 aromatic heterocycles. The number of nitrogens with one attached hydrogen (secondary N) is 1. The van der Waals surface area contributed by atoms with Crippen LogP contribution in [0.2, 0.25) is 0 Å². The van der Waals surface area contributed by atoms with Crippen LogP contribution in [0.4, 0.5) is 0 Å². The number of likely N-dealkylation sites (tertiary alicyclic amines) is 1. The lowest BCUT2D eigenvalue weighted by Gasteiger charge is -2.33. The number of hydrogen-bond donors (Lipinski definition) is 2. The van der Waals surface area contributed by atoms with Crippen LogP contribution in [-0.4, -0.2) is 41.5 Å². The van der Waals surface area contributed by atoms with Gasteiger partial charge in [0.15, 0.2) is 0 Å². The second-order valence-corrected chi connectivity index (χ2v) is 5.73. The third-order valence-electron chi connectivity index (χ3n) is 3.64. The van der Waals surface area contributed by atoms with E-state index in [0.717, 1.165) is 32.4 Å². The van der Waals surface area contributed by atoms with Crippen LogP contribution in [-0.2, 0) is 4.79 Å². The lowest BCUT2D eigenvalue weighted by molar-refractivity contribution is -0.125. The van der Waals surface area contributed by atoms with Gasteiger partial charge in [-0.1, -0.05) is 0 Å². The van der Waals surface area contributed by atoms with Gasteiger partial charge < -0.3 is 16.0 Å². The molecule has 17 heavy (non-hydrogen) atoms. The molecular formula is C13H27N3O. The van der Waals surface area contributed by atoms with Crippen LogP contribution in [0.15, 0.2) is 0 Å². The standard InChI is InChI=1S/C13H27N3O/c1-10(2)15-13(12(14)17)6-5-8-16(9-7-13)11(3)4/h10-11,15H,5-9H2,1-4H3,(H2,14,17). The highest BCUT2D eigenvalue weighted by Gasteiger charge is 2.38. The molecule has 0 bridgehead atoms. The van der Waals surface area contributed by atoms with E-state index in [9.17, 15) is 4.79 Å². The van der Waals surface area contributed by atoms with Gasteiger partial charge in [0.05, 0.1) is 5.54 Å². The summed E-state index contributed by atoms with van der Waals surface area (Å²) in [5, 5.41) is 3.39. The summed E-state index contributed by atoms with van der Waals surface area (Å²) in [7, 11) is 0. The number of amides is 1. The summed E-state index contributed by atoms with van der Waals surface area (Å²) in [5.74, 6) is -0.197. The molecule has 1 rings (SSSR count). The summed E-state index contributed by atoms with van der Waals surface area (Å²) in [4.78, 5) is 14.2. The minimum Gasteiger partial charge on any atom is -0.368 e. The molecule has 100 valence electrons. The number of primary amides is 1. The van der Waals surface area contributed by atoms with E-state index in [1.807, 2.05) is 0 Å². The first-order chi connectivity index (χ1) is 7.87. The Balaban J connectivity index is 2.76. The van der Waals surface area contributed by atoms with E-state index >= 15 is 0 Å². The zero-order chi connectivity index (χ0) is 13.1. The second kappa shape index (κ2) is 5.83. The monoisotopic (exact) mass is 241 g/mol. The van der Waals surface area contributed by atoms with Crippen molar-refractivity contribution in [3.8, 4) is 0 Å². The van der Waals surface area contributed by atoms with Crippen LogP contribution in [0.5, 0.6) is 0 Å². The third-order valence-corrected chi connectivity index (χ3v) is 3.64. The summed E-state index contributed by atoms with van der Waals surface area (Å²) in [6.07, 6.45) is 2.70. The normalized spacial score (nSPS) is 27.4. The Labute approximate surface area is 105 Å². The zero-order valence-electron chi connectivity index (χ0n) is 11.6. The first-order valence-corrected chi connectivity index (χ1v) is 6.69. The average molecular weight is 241 g/mol. The molecular weight excluding hydrogens is 214 g/mol. The molecule has 1 unspecified atom stereocenters. The SMILES string of the molecule is CC(C)NC1(C(N)=O)CCCN(C(C)C)CC1. The maximum absolute atomic E-state index is 11.8. The number of rotatable bonds is 4. The van der Waals surface area contributed by atoms with E-state index in [4.69, 9.17) is 5.73 Å². The summed E-state index contributed by atoms with van der Waals surface area (Å²) >= 11 is 0. The molecule has 0 aromatic rings. The van der Waals surface area contributed by atoms with Crippen molar-refractivity contribution in [2.24, 2.45) is 5.73 Å². The maximum Gasteiger partial charge on any atom is 0.237 e. The fourth-order valence-electron chi connectivity index (χ4n) is 2.69. The van der Waals surface area contributed by atoms with Gasteiger partial charge in [0, 0.05) is 18.6 Å². The third kappa shape index (κ3) is 3.68. The highest BCUT2D eigenvalue weighted by molar-refractivity contribution is 5.84. The van der Waals surface area contributed by atoms with Crippen molar-refractivity contribution in [1.82, 2.24) is 10.2 Å². The van der Waals surface area contributed by atoms with Crippen LogP contribution in [0.3, 0.4) is 0 Å². The van der Waals surface area contributed by atoms with Crippen LogP contribution < -0.4 is 11.1 Å². The molecule has 4 heteroatoms. The van der Waals surface area contributed by atoms with E-state index < -0.39 is 5.54 Å². The molecule has 1 saturated heterocycles. The summed E-state index contributed by atoms with van der Waals surface area (Å²) in [6.45, 7) is 10.5. The minimum atomic E-state index is -0.502. The van der Waals surface area contributed by atoms with E-state index in [0.29, 0.717) is 6.04 Å². The Kier molecular flexibility index (Phi) is 4.95. The van der Waals surface area contributed by atoms with Crippen LogP contribution in [0, 0.1) is 0 Å². The minimum absolute atomic E-state index is 0.197. The van der Waals surface area contributed by atoms with Gasteiger partial charge >= 0.3 is 0 Å². The quantitative estimate of drug-likeness (QED) is 0.775. The van der Waals surface area contributed by atoms with Gasteiger partial charge in [0.2, 0.25) is 5.91 Å². The fourth-order valence-corrected chi connectivity index (χ4v) is 2.69. The number of carbonyl (C=O) groups is 1. The van der Waals surface area contributed by atoms with Gasteiger partial charge in [0.25, 0.3) is 0 Å². The summed E-state index contributed by atoms with van der Waals surface area (Å²) < 4.78 is 0. The van der Waals surface area contributed by atoms with Crippen molar-refractivity contribution in [3.05, 3.63) is 0 Å². The molecule has 1 atom stereocenters. The van der Waals surface area contributed by atoms with Crippen molar-refractivity contribution < 1.29 is 4.79 Å². The fraction of sp³-hybridized carbons (Fsp3) is 0.923. The van der Waals surface area contributed by atoms with Crippen LogP contribution >= 0.6 is 0 Å². The molecule has 1 aliphatic rings. The number of nitrogens with two attached hydrogens (primary N) is 1. The van der Waals surface area contributed by atoms with Gasteiger partial charge in [-0.15, -0.1) is 0 Å². The van der Waals surface area contributed by atoms with Crippen molar-refractivity contribution in [3.63, 3.8) is 0 Å². The zero-order valence-corrected chi connectivity index (χ0v) is 11.6. The van der Waals surface area contributed by atoms with Gasteiger partial charge in [-0.05, 0) is 53.5 Å². The highest BCUT2D eigenvalue weighted by Crippen LogP contribution is 2.24. The van der Waals surface area contributed by atoms with Gasteiger partial charge in [-0.25, -0.2) is 0 Å². The molecule has 0 saturated carbocycles. The molecule has 4 nitrogen and oxygen atoms in total. The molecule has 0 spiro atoms. The molecule has 1 amide bonds. The topological polar surface area (TPSA) is 58.4 Å². The smallest absolute Gasteiger partial charge is 0.237 e. The Morgan fingerprint density at radius 2 is 1.88 bits per heavy atom. The highest BCUT2D eigenvalue weighted by atomic mass is 16.1. The molecule has 1 aliphatic heterocycles. The molecule has 0 aromatic carbocycles. The van der Waals surface area contributed by atoms with Crippen molar-refractivity contribution in [1.29, 1.82) is 0 Å². The van der Waals surface area contributed by atoms with E-state index in [2.05, 4.69) is 37.9 Å². The predicted octanol–water partition coefficient (Wildman–Crippen LogP) is 1.10. The van der Waals surface area contributed by atoms with Crippen molar-refractivity contribution in [2.45, 2.75) is 64.6 Å². The van der Waals surface area contributed by atoms with E-state index in [1.54, 1.807) is 0 Å². The van der Waals surface area contributed by atoms with Crippen molar-refractivity contribution in [2.75, 3.05) is 13.1 Å². The van der Waals surface area contributed by atoms with Crippen LogP contribution in [0.25, 0.3) is 0 Å². The molecule has 1 heterocycles. The first-order valence-electron chi connectivity index (χ1n) is 6.69. The molecule has 3 N–H and O–H groups in total. The summed E-state index contributed by atoms with van der Waals surface area (Å²) in [6, 6.07) is 0.825. The predicted molar refractivity (Wildman–Crippen MR) is 70.8 cm³/mol. The maximum atomic E-state index is 11.8. The molecule has 1 fully saturated rings. The Morgan fingerprint density at radius 1 is 1.24 bits per heavy atom. The molecule has 0 aliphatic carbocycles. The van der Waals surface area contributed by atoms with Gasteiger partial charge in [-0.2, -0.15) is 0 Å². The van der Waals surface area contributed by atoms with Crippen LogP contribution in [0.1, 0.15) is 47.0 Å². The first kappa shape index (κ1) is 14.5. The Morgan fingerprint density at radius 3 is 2.35 bits per heavy atom. The van der Waals surface area contributed by atoms with E-state index in [-0.39, 0.29) is 11.9 Å². The lowest BCUT2D eigenvalue weighted by Crippen LogP contribution is -2.58. The number of hydrogen-bond acceptors (Lipinski definition) is 3. The Hall–Kier alpha value is -0.610. The van der Waals surface area contributed by atoms with Gasteiger partial charge in [0.1, 0.15) is 0 Å². The van der Waals surface area contributed by atoms with E-state index in [1.165, 1.54) is 0 Å². The average Bonchev–Trinajstić information content (AvgIpc) is 2.40. The molecule has 0 radical (unpaired) electrons. The second-order valence-electron chi connectivity index (χ2n) is 5.73. The largest absolute Gasteiger partial charge is 0.368 e. The Bertz CT molecular complexity index is 265. The van der Waals surface area contributed by atoms with Crippen molar-refractivity contribution >= 4 is 5.91 Å². The summed E-state index contributed by atoms with van der Waals surface area (Å²) in [5.41, 5.74) is 5.12. The lowest BCUT2D eigenvalue weighted by atomic mass is 9.89. The number of carbonyl (C=O) groups excluding carboxylic acids is 1. The van der Waals surface area contributed by atoms with Gasteiger partial charge in [-0.3, -0.25) is 4.79 Å².